The van der Waals surface area contributed by atoms with E-state index in [0.717, 1.165) is 10.8 Å². The van der Waals surface area contributed by atoms with Crippen LogP contribution in [0.25, 0.3) is 22.1 Å². The van der Waals surface area contributed by atoms with Crippen LogP contribution in [0.1, 0.15) is 0 Å². The van der Waals surface area contributed by atoms with Crippen molar-refractivity contribution in [3.8, 4) is 11.5 Å². The van der Waals surface area contributed by atoms with Crippen molar-refractivity contribution in [2.75, 3.05) is 0 Å². The van der Waals surface area contributed by atoms with E-state index in [9.17, 15) is 0 Å². The summed E-state index contributed by atoms with van der Waals surface area (Å²) >= 11 is 0. The minimum Gasteiger partial charge on any atom is -0.456 e. The second kappa shape index (κ2) is 4.79. The van der Waals surface area contributed by atoms with Crippen molar-refractivity contribution < 1.29 is 4.74 Å². The Morgan fingerprint density at radius 1 is 0.571 bits per heavy atom. The molecule has 0 atom stereocenters. The molecule has 4 aromatic rings. The van der Waals surface area contributed by atoms with Crippen molar-refractivity contribution in [2.45, 2.75) is 0 Å². The molecule has 0 aliphatic carbocycles. The van der Waals surface area contributed by atoms with Crippen molar-refractivity contribution >= 4 is 22.1 Å². The van der Waals surface area contributed by atoms with Gasteiger partial charge in [-0.25, -0.2) is 19.9 Å². The van der Waals surface area contributed by atoms with Gasteiger partial charge in [-0.05, 0) is 36.4 Å². The number of ether oxygens (including phenoxy) is 1. The molecule has 0 unspecified atom stereocenters. The number of nitrogens with zero attached hydrogens (tertiary/aromatic N) is 4. The summed E-state index contributed by atoms with van der Waals surface area (Å²) in [5.41, 5.74) is 1.32. The van der Waals surface area contributed by atoms with Crippen LogP contribution in [0.5, 0.6) is 11.5 Å². The van der Waals surface area contributed by atoms with Crippen LogP contribution in [-0.4, -0.2) is 19.9 Å². The molecule has 4 aromatic heterocycles. The zero-order valence-corrected chi connectivity index (χ0v) is 11.0. The van der Waals surface area contributed by atoms with E-state index in [-0.39, 0.29) is 0 Å². The van der Waals surface area contributed by atoms with Crippen LogP contribution in [0.15, 0.2) is 61.2 Å². The minimum absolute atomic E-state index is 0.659. The highest BCUT2D eigenvalue weighted by atomic mass is 16.5. The predicted molar refractivity (Wildman–Crippen MR) is 79.2 cm³/mol. The quantitative estimate of drug-likeness (QED) is 0.561. The fourth-order valence-corrected chi connectivity index (χ4v) is 2.21. The fourth-order valence-electron chi connectivity index (χ4n) is 2.21. The molecule has 0 aromatic carbocycles. The first-order valence-electron chi connectivity index (χ1n) is 6.49. The molecule has 0 bridgehead atoms. The summed E-state index contributed by atoms with van der Waals surface area (Å²) in [5.74, 6) is 1.42. The van der Waals surface area contributed by atoms with E-state index in [0.29, 0.717) is 22.8 Å². The predicted octanol–water partition coefficient (Wildman–Crippen LogP) is 3.37. The van der Waals surface area contributed by atoms with E-state index < -0.39 is 0 Å². The van der Waals surface area contributed by atoms with Crippen molar-refractivity contribution in [3.05, 3.63) is 61.2 Å². The molecule has 0 aliphatic rings. The highest BCUT2D eigenvalue weighted by Crippen LogP contribution is 2.31. The molecular formula is C16H10N4O. The maximum atomic E-state index is 6.04. The molecule has 0 saturated heterocycles. The average molecular weight is 274 g/mol. The van der Waals surface area contributed by atoms with E-state index in [4.69, 9.17) is 4.74 Å². The Labute approximate surface area is 120 Å². The SMILES string of the molecule is c1cnc2nccc(Oc3ccnc4ncccc34)c2c1. The van der Waals surface area contributed by atoms with Crippen molar-refractivity contribution in [2.24, 2.45) is 0 Å². The smallest absolute Gasteiger partial charge is 0.162 e. The molecule has 0 N–H and O–H groups in total. The molecule has 0 saturated carbocycles. The summed E-state index contributed by atoms with van der Waals surface area (Å²) in [6.07, 6.45) is 6.80. The number of hydrogen-bond donors (Lipinski definition) is 0. The van der Waals surface area contributed by atoms with Gasteiger partial charge in [0.05, 0.1) is 10.8 Å². The molecular weight excluding hydrogens is 264 g/mol. The van der Waals surface area contributed by atoms with Gasteiger partial charge in [-0.1, -0.05) is 0 Å². The molecule has 4 heterocycles. The topological polar surface area (TPSA) is 60.8 Å². The number of aromatic nitrogens is 4. The Morgan fingerprint density at radius 2 is 1.05 bits per heavy atom. The summed E-state index contributed by atoms with van der Waals surface area (Å²) in [5, 5.41) is 1.74. The number of rotatable bonds is 2. The molecule has 5 heteroatoms. The standard InChI is InChI=1S/C16H10N4O/c1-3-11-13(5-9-19-15(11)17-7-1)21-14-6-10-20-16-12(14)4-2-8-18-16/h1-10H. The van der Waals surface area contributed by atoms with Crippen LogP contribution < -0.4 is 4.74 Å². The minimum atomic E-state index is 0.659. The van der Waals surface area contributed by atoms with E-state index in [1.54, 1.807) is 24.8 Å². The molecule has 21 heavy (non-hydrogen) atoms. The Hall–Kier alpha value is -3.08. The average Bonchev–Trinajstić information content (AvgIpc) is 2.56. The fraction of sp³-hybridized carbons (Fsp3) is 0. The van der Waals surface area contributed by atoms with Crippen LogP contribution >= 0.6 is 0 Å². The lowest BCUT2D eigenvalue weighted by molar-refractivity contribution is 0.493. The van der Waals surface area contributed by atoms with Crippen LogP contribution in [0.3, 0.4) is 0 Å². The Bertz CT molecular complexity index is 851. The van der Waals surface area contributed by atoms with Gasteiger partial charge in [0.1, 0.15) is 11.5 Å². The second-order valence-electron chi connectivity index (χ2n) is 4.47. The van der Waals surface area contributed by atoms with Gasteiger partial charge in [0, 0.05) is 24.8 Å². The Kier molecular flexibility index (Phi) is 2.67. The van der Waals surface area contributed by atoms with Crippen molar-refractivity contribution in [1.29, 1.82) is 0 Å². The molecule has 0 radical (unpaired) electrons. The number of pyridine rings is 4. The number of fused-ring (bicyclic) bond motifs is 2. The summed E-state index contributed by atoms with van der Waals surface area (Å²) in [6.45, 7) is 0. The van der Waals surface area contributed by atoms with Gasteiger partial charge >= 0.3 is 0 Å². The third kappa shape index (κ3) is 2.04. The zero-order valence-electron chi connectivity index (χ0n) is 11.0. The van der Waals surface area contributed by atoms with E-state index in [2.05, 4.69) is 19.9 Å². The van der Waals surface area contributed by atoms with Crippen molar-refractivity contribution in [3.63, 3.8) is 0 Å². The largest absolute Gasteiger partial charge is 0.456 e. The van der Waals surface area contributed by atoms with Crippen LogP contribution in [-0.2, 0) is 0 Å². The van der Waals surface area contributed by atoms with Gasteiger partial charge in [0.25, 0.3) is 0 Å². The lowest BCUT2D eigenvalue weighted by Crippen LogP contribution is -1.91. The lowest BCUT2D eigenvalue weighted by Gasteiger charge is -2.09. The van der Waals surface area contributed by atoms with Gasteiger partial charge in [0.2, 0.25) is 0 Å². The lowest BCUT2D eigenvalue weighted by atomic mass is 10.2. The summed E-state index contributed by atoms with van der Waals surface area (Å²) in [6, 6.07) is 11.3. The van der Waals surface area contributed by atoms with Gasteiger partial charge in [-0.3, -0.25) is 0 Å². The maximum Gasteiger partial charge on any atom is 0.162 e. The van der Waals surface area contributed by atoms with E-state index in [1.807, 2.05) is 36.4 Å². The first kappa shape index (κ1) is 11.7. The van der Waals surface area contributed by atoms with E-state index in [1.165, 1.54) is 0 Å². The summed E-state index contributed by atoms with van der Waals surface area (Å²) in [4.78, 5) is 16.9. The van der Waals surface area contributed by atoms with Gasteiger partial charge in [0.15, 0.2) is 11.3 Å². The van der Waals surface area contributed by atoms with Crippen LogP contribution in [0.4, 0.5) is 0 Å². The van der Waals surface area contributed by atoms with Gasteiger partial charge in [-0.15, -0.1) is 0 Å². The Morgan fingerprint density at radius 3 is 1.57 bits per heavy atom. The molecule has 4 rings (SSSR count). The van der Waals surface area contributed by atoms with Crippen molar-refractivity contribution in [1.82, 2.24) is 19.9 Å². The maximum absolute atomic E-state index is 6.04. The first-order chi connectivity index (χ1) is 10.4. The normalized spacial score (nSPS) is 10.9. The number of hydrogen-bond acceptors (Lipinski definition) is 5. The zero-order chi connectivity index (χ0) is 14.1. The first-order valence-corrected chi connectivity index (χ1v) is 6.49. The molecule has 0 fully saturated rings. The summed E-state index contributed by atoms with van der Waals surface area (Å²) < 4.78 is 6.04. The molecule has 5 nitrogen and oxygen atoms in total. The highest BCUT2D eigenvalue weighted by molar-refractivity contribution is 5.85. The second-order valence-corrected chi connectivity index (χ2v) is 4.47. The monoisotopic (exact) mass is 274 g/mol. The van der Waals surface area contributed by atoms with Gasteiger partial charge in [-0.2, -0.15) is 0 Å². The summed E-state index contributed by atoms with van der Waals surface area (Å²) in [7, 11) is 0. The van der Waals surface area contributed by atoms with Crippen LogP contribution in [0.2, 0.25) is 0 Å². The Balaban J connectivity index is 1.87. The molecule has 0 aliphatic heterocycles. The molecule has 0 spiro atoms. The molecule has 100 valence electrons. The van der Waals surface area contributed by atoms with Gasteiger partial charge < -0.3 is 4.74 Å². The van der Waals surface area contributed by atoms with Crippen LogP contribution in [0, 0.1) is 0 Å². The molecule has 0 amide bonds. The highest BCUT2D eigenvalue weighted by Gasteiger charge is 2.08. The third-order valence-electron chi connectivity index (χ3n) is 3.17. The van der Waals surface area contributed by atoms with E-state index >= 15 is 0 Å². The third-order valence-corrected chi connectivity index (χ3v) is 3.17.